The zero-order valence-electron chi connectivity index (χ0n) is 15.4. The number of thiazole rings is 1. The van der Waals surface area contributed by atoms with Crippen LogP contribution < -0.4 is 5.32 Å². The van der Waals surface area contributed by atoms with Gasteiger partial charge in [0.25, 0.3) is 0 Å². The zero-order valence-corrected chi connectivity index (χ0v) is 16.2. The van der Waals surface area contributed by atoms with Crippen molar-refractivity contribution in [1.82, 2.24) is 15.2 Å². The molecule has 4 heterocycles. The highest BCUT2D eigenvalue weighted by molar-refractivity contribution is 7.16. The van der Waals surface area contributed by atoms with E-state index in [1.807, 2.05) is 5.51 Å². The van der Waals surface area contributed by atoms with Crippen molar-refractivity contribution in [2.24, 2.45) is 17.3 Å². The Hall–Kier alpha value is -0.970. The molecule has 1 unspecified atom stereocenters. The van der Waals surface area contributed by atoms with Crippen molar-refractivity contribution in [2.75, 3.05) is 20.1 Å². The SMILES string of the molecule is C[C@@H]1CN[C@@H](c2ccc3scnc3c2)C(C23CCC(CC2)N(C)C3)C1. The number of piperidine rings is 3. The predicted octanol–water partition coefficient (Wildman–Crippen LogP) is 4.46. The van der Waals surface area contributed by atoms with E-state index in [1.165, 1.54) is 54.4 Å². The number of hydrogen-bond donors (Lipinski definition) is 1. The molecule has 1 saturated carbocycles. The van der Waals surface area contributed by atoms with Crippen LogP contribution in [-0.2, 0) is 0 Å². The summed E-state index contributed by atoms with van der Waals surface area (Å²) in [6.07, 6.45) is 7.02. The minimum absolute atomic E-state index is 0.491. The van der Waals surface area contributed by atoms with Crippen molar-refractivity contribution in [2.45, 2.75) is 51.1 Å². The number of nitrogens with one attached hydrogen (secondary N) is 1. The first-order valence-corrected chi connectivity index (χ1v) is 10.8. The van der Waals surface area contributed by atoms with E-state index in [0.717, 1.165) is 24.4 Å². The van der Waals surface area contributed by atoms with E-state index in [1.54, 1.807) is 11.3 Å². The van der Waals surface area contributed by atoms with Gasteiger partial charge in [0.1, 0.15) is 0 Å². The van der Waals surface area contributed by atoms with Crippen molar-refractivity contribution < 1.29 is 0 Å². The van der Waals surface area contributed by atoms with Gasteiger partial charge in [0.05, 0.1) is 15.7 Å². The molecule has 2 aromatic rings. The highest BCUT2D eigenvalue weighted by Crippen LogP contribution is 2.55. The van der Waals surface area contributed by atoms with Gasteiger partial charge in [-0.2, -0.15) is 0 Å². The molecule has 3 aliphatic heterocycles. The molecule has 0 amide bonds. The molecule has 25 heavy (non-hydrogen) atoms. The van der Waals surface area contributed by atoms with Gasteiger partial charge in [-0.1, -0.05) is 13.0 Å². The van der Waals surface area contributed by atoms with Crippen molar-refractivity contribution in [3.8, 4) is 0 Å². The summed E-state index contributed by atoms with van der Waals surface area (Å²) >= 11 is 1.74. The molecule has 3 atom stereocenters. The van der Waals surface area contributed by atoms with Gasteiger partial charge in [0.2, 0.25) is 0 Å². The van der Waals surface area contributed by atoms with E-state index in [4.69, 9.17) is 0 Å². The Bertz CT molecular complexity index is 761. The average Bonchev–Trinajstić information content (AvgIpc) is 3.10. The topological polar surface area (TPSA) is 28.2 Å². The van der Waals surface area contributed by atoms with Gasteiger partial charge in [-0.25, -0.2) is 4.98 Å². The van der Waals surface area contributed by atoms with Crippen molar-refractivity contribution in [3.05, 3.63) is 29.3 Å². The molecule has 1 aromatic heterocycles. The van der Waals surface area contributed by atoms with Gasteiger partial charge >= 0.3 is 0 Å². The maximum Gasteiger partial charge on any atom is 0.0815 e. The van der Waals surface area contributed by atoms with Crippen LogP contribution in [0, 0.1) is 17.3 Å². The maximum atomic E-state index is 4.57. The van der Waals surface area contributed by atoms with E-state index >= 15 is 0 Å². The Morgan fingerprint density at radius 2 is 2.12 bits per heavy atom. The van der Waals surface area contributed by atoms with Gasteiger partial charge in [-0.3, -0.25) is 0 Å². The van der Waals surface area contributed by atoms with E-state index in [-0.39, 0.29) is 0 Å². The van der Waals surface area contributed by atoms with Crippen LogP contribution in [-0.4, -0.2) is 36.1 Å². The number of aromatic nitrogens is 1. The highest BCUT2D eigenvalue weighted by Gasteiger charge is 2.51. The first kappa shape index (κ1) is 16.2. The van der Waals surface area contributed by atoms with Crippen LogP contribution in [0.15, 0.2) is 23.7 Å². The van der Waals surface area contributed by atoms with Crippen LogP contribution in [0.25, 0.3) is 10.2 Å². The quantitative estimate of drug-likeness (QED) is 0.862. The Morgan fingerprint density at radius 3 is 2.92 bits per heavy atom. The number of rotatable bonds is 2. The Balaban J connectivity index is 1.52. The first-order chi connectivity index (χ1) is 12.1. The van der Waals surface area contributed by atoms with Crippen molar-refractivity contribution in [1.29, 1.82) is 0 Å². The standard InChI is InChI=1S/C21H29N3S/c1-14-9-17(21-7-5-16(6-8-21)24(2)12-21)20(22-11-14)15-3-4-19-18(10-15)23-13-25-19/h3-4,10,13-14,16-17,20,22H,5-9,11-12H2,1-2H3/t14-,16?,17?,20-,21?/m0/s1. The fourth-order valence-electron chi connectivity index (χ4n) is 6.04. The molecule has 4 fully saturated rings. The highest BCUT2D eigenvalue weighted by atomic mass is 32.1. The van der Waals surface area contributed by atoms with Gasteiger partial charge in [0, 0.05) is 18.6 Å². The van der Waals surface area contributed by atoms with Gasteiger partial charge in [-0.05, 0) is 80.6 Å². The van der Waals surface area contributed by atoms with E-state index in [0.29, 0.717) is 11.5 Å². The van der Waals surface area contributed by atoms with Crippen LogP contribution in [0.2, 0.25) is 0 Å². The fraction of sp³-hybridized carbons (Fsp3) is 0.667. The second kappa shape index (κ2) is 6.04. The lowest BCUT2D eigenvalue weighted by Crippen LogP contribution is -2.58. The maximum absolute atomic E-state index is 4.57. The average molecular weight is 356 g/mol. The Morgan fingerprint density at radius 1 is 1.28 bits per heavy atom. The molecule has 0 spiro atoms. The smallest absolute Gasteiger partial charge is 0.0815 e. The fourth-order valence-corrected chi connectivity index (χ4v) is 6.69. The molecule has 134 valence electrons. The molecule has 2 bridgehead atoms. The third-order valence-corrected chi connectivity index (χ3v) is 8.19. The molecule has 4 aliphatic rings. The normalized spacial score (nSPS) is 39.1. The summed E-state index contributed by atoms with van der Waals surface area (Å²) in [4.78, 5) is 7.23. The van der Waals surface area contributed by atoms with Crippen LogP contribution in [0.1, 0.15) is 50.6 Å². The van der Waals surface area contributed by atoms with Crippen LogP contribution >= 0.6 is 11.3 Å². The molecule has 3 nitrogen and oxygen atoms in total. The molecule has 6 rings (SSSR count). The molecule has 1 aromatic carbocycles. The first-order valence-electron chi connectivity index (χ1n) is 9.91. The number of nitrogens with zero attached hydrogens (tertiary/aromatic N) is 2. The molecule has 4 heteroatoms. The zero-order chi connectivity index (χ0) is 17.0. The minimum Gasteiger partial charge on any atom is -0.309 e. The summed E-state index contributed by atoms with van der Waals surface area (Å²) in [6, 6.07) is 8.32. The van der Waals surface area contributed by atoms with Crippen molar-refractivity contribution >= 4 is 21.6 Å². The minimum atomic E-state index is 0.491. The molecule has 1 N–H and O–H groups in total. The van der Waals surface area contributed by atoms with E-state index in [2.05, 4.69) is 47.4 Å². The number of hydrogen-bond acceptors (Lipinski definition) is 4. The lowest BCUT2D eigenvalue weighted by Gasteiger charge is -2.58. The lowest BCUT2D eigenvalue weighted by atomic mass is 9.56. The molecular formula is C21H29N3S. The van der Waals surface area contributed by atoms with Crippen molar-refractivity contribution in [3.63, 3.8) is 0 Å². The lowest BCUT2D eigenvalue weighted by molar-refractivity contribution is -0.0691. The van der Waals surface area contributed by atoms with Gasteiger partial charge in [0.15, 0.2) is 0 Å². The molecule has 0 radical (unpaired) electrons. The number of benzene rings is 1. The van der Waals surface area contributed by atoms with Crippen LogP contribution in [0.3, 0.4) is 0 Å². The largest absolute Gasteiger partial charge is 0.309 e. The number of fused-ring (bicyclic) bond motifs is 4. The Labute approximate surface area is 154 Å². The second-order valence-corrected chi connectivity index (χ2v) is 9.81. The van der Waals surface area contributed by atoms with Gasteiger partial charge in [-0.15, -0.1) is 11.3 Å². The summed E-state index contributed by atoms with van der Waals surface area (Å²) in [7, 11) is 2.35. The Kier molecular flexibility index (Phi) is 3.92. The summed E-state index contributed by atoms with van der Waals surface area (Å²) in [5.41, 5.74) is 5.11. The molecule has 1 aliphatic carbocycles. The monoisotopic (exact) mass is 355 g/mol. The summed E-state index contributed by atoms with van der Waals surface area (Å²) in [6.45, 7) is 4.87. The van der Waals surface area contributed by atoms with Crippen LogP contribution in [0.4, 0.5) is 0 Å². The summed E-state index contributed by atoms with van der Waals surface area (Å²) in [5, 5.41) is 3.94. The third kappa shape index (κ3) is 2.65. The molecular weight excluding hydrogens is 326 g/mol. The van der Waals surface area contributed by atoms with E-state index < -0.39 is 0 Å². The van der Waals surface area contributed by atoms with E-state index in [9.17, 15) is 0 Å². The van der Waals surface area contributed by atoms with Gasteiger partial charge < -0.3 is 10.2 Å². The third-order valence-electron chi connectivity index (χ3n) is 7.38. The molecule has 3 saturated heterocycles. The predicted molar refractivity (Wildman–Crippen MR) is 105 cm³/mol. The summed E-state index contributed by atoms with van der Waals surface area (Å²) < 4.78 is 1.31. The second-order valence-electron chi connectivity index (χ2n) is 8.92. The van der Waals surface area contributed by atoms with Crippen LogP contribution in [0.5, 0.6) is 0 Å². The summed E-state index contributed by atoms with van der Waals surface area (Å²) in [5.74, 6) is 1.53.